The third-order valence-electron chi connectivity index (χ3n) is 3.26. The van der Waals surface area contributed by atoms with Crippen LogP contribution in [-0.2, 0) is 0 Å². The maximum absolute atomic E-state index is 11.0. The monoisotopic (exact) mass is 265 g/mol. The molecule has 0 fully saturated rings. The summed E-state index contributed by atoms with van der Waals surface area (Å²) in [6.45, 7) is 0. The maximum atomic E-state index is 11.0. The predicted octanol–water partition coefficient (Wildman–Crippen LogP) is 4.12. The standard InChI is InChI=1S/C16H11NO3/c18-16-10-13-12(7-4-8-15(13)17(19)20)9-14(16)11-5-2-1-3-6-11/h1-10,18H. The van der Waals surface area contributed by atoms with Crippen molar-refractivity contribution in [3.8, 4) is 16.9 Å². The Morgan fingerprint density at radius 2 is 1.70 bits per heavy atom. The molecule has 3 rings (SSSR count). The Morgan fingerprint density at radius 1 is 0.950 bits per heavy atom. The van der Waals surface area contributed by atoms with Crippen molar-refractivity contribution in [2.75, 3.05) is 0 Å². The topological polar surface area (TPSA) is 63.4 Å². The summed E-state index contributed by atoms with van der Waals surface area (Å²) in [5.74, 6) is 0.0398. The van der Waals surface area contributed by atoms with E-state index >= 15 is 0 Å². The fourth-order valence-electron chi connectivity index (χ4n) is 2.31. The van der Waals surface area contributed by atoms with Crippen LogP contribution in [0.1, 0.15) is 0 Å². The first-order valence-corrected chi connectivity index (χ1v) is 6.12. The zero-order chi connectivity index (χ0) is 14.1. The summed E-state index contributed by atoms with van der Waals surface area (Å²) in [7, 11) is 0. The summed E-state index contributed by atoms with van der Waals surface area (Å²) in [5.41, 5.74) is 1.54. The highest BCUT2D eigenvalue weighted by molar-refractivity contribution is 5.96. The van der Waals surface area contributed by atoms with Crippen LogP contribution in [0.2, 0.25) is 0 Å². The van der Waals surface area contributed by atoms with Gasteiger partial charge < -0.3 is 5.11 Å². The van der Waals surface area contributed by atoms with E-state index in [9.17, 15) is 15.2 Å². The number of hydrogen-bond acceptors (Lipinski definition) is 3. The quantitative estimate of drug-likeness (QED) is 0.560. The van der Waals surface area contributed by atoms with Crippen molar-refractivity contribution in [3.63, 3.8) is 0 Å². The number of nitro groups is 1. The number of hydrogen-bond donors (Lipinski definition) is 1. The van der Waals surface area contributed by atoms with E-state index in [-0.39, 0.29) is 11.4 Å². The van der Waals surface area contributed by atoms with Crippen molar-refractivity contribution < 1.29 is 10.0 Å². The highest BCUT2D eigenvalue weighted by Gasteiger charge is 2.14. The molecule has 4 heteroatoms. The summed E-state index contributed by atoms with van der Waals surface area (Å²) in [5, 5.41) is 22.3. The van der Waals surface area contributed by atoms with Gasteiger partial charge in [-0.25, -0.2) is 0 Å². The van der Waals surface area contributed by atoms with E-state index in [4.69, 9.17) is 0 Å². The van der Waals surface area contributed by atoms with E-state index in [0.717, 1.165) is 10.9 Å². The summed E-state index contributed by atoms with van der Waals surface area (Å²) in [4.78, 5) is 10.6. The van der Waals surface area contributed by atoms with Crippen LogP contribution in [0, 0.1) is 10.1 Å². The second-order valence-electron chi connectivity index (χ2n) is 4.49. The normalized spacial score (nSPS) is 10.6. The summed E-state index contributed by atoms with van der Waals surface area (Å²) >= 11 is 0. The zero-order valence-corrected chi connectivity index (χ0v) is 10.5. The first kappa shape index (κ1) is 12.2. The van der Waals surface area contributed by atoms with Crippen LogP contribution >= 0.6 is 0 Å². The number of non-ortho nitro benzene ring substituents is 1. The second-order valence-corrected chi connectivity index (χ2v) is 4.49. The van der Waals surface area contributed by atoms with Crippen molar-refractivity contribution >= 4 is 16.5 Å². The van der Waals surface area contributed by atoms with Gasteiger partial charge in [0.2, 0.25) is 0 Å². The highest BCUT2D eigenvalue weighted by atomic mass is 16.6. The third-order valence-corrected chi connectivity index (χ3v) is 3.26. The predicted molar refractivity (Wildman–Crippen MR) is 77.7 cm³/mol. The van der Waals surface area contributed by atoms with E-state index in [1.807, 2.05) is 30.3 Å². The molecular formula is C16H11NO3. The van der Waals surface area contributed by atoms with Crippen molar-refractivity contribution in [1.29, 1.82) is 0 Å². The second kappa shape index (κ2) is 4.66. The smallest absolute Gasteiger partial charge is 0.277 e. The number of fused-ring (bicyclic) bond motifs is 1. The molecule has 1 N–H and O–H groups in total. The summed E-state index contributed by atoms with van der Waals surface area (Å²) < 4.78 is 0. The molecule has 0 aromatic heterocycles. The molecule has 0 saturated carbocycles. The minimum Gasteiger partial charge on any atom is -0.507 e. The Kier molecular flexibility index (Phi) is 2.84. The number of phenols is 1. The molecule has 0 atom stereocenters. The molecule has 3 aromatic carbocycles. The van der Waals surface area contributed by atoms with E-state index in [0.29, 0.717) is 10.9 Å². The lowest BCUT2D eigenvalue weighted by Crippen LogP contribution is -1.90. The Balaban J connectivity index is 2.29. The van der Waals surface area contributed by atoms with Crippen molar-refractivity contribution in [1.82, 2.24) is 0 Å². The molecule has 0 aliphatic carbocycles. The Hall–Kier alpha value is -2.88. The van der Waals surface area contributed by atoms with E-state index < -0.39 is 4.92 Å². The van der Waals surface area contributed by atoms with Gasteiger partial charge in [0.1, 0.15) is 5.75 Å². The number of phenolic OH excluding ortho intramolecular Hbond substituents is 1. The van der Waals surface area contributed by atoms with Gasteiger partial charge >= 0.3 is 0 Å². The van der Waals surface area contributed by atoms with Crippen LogP contribution < -0.4 is 0 Å². The van der Waals surface area contributed by atoms with Gasteiger partial charge in [0, 0.05) is 11.6 Å². The lowest BCUT2D eigenvalue weighted by atomic mass is 9.99. The molecular weight excluding hydrogens is 254 g/mol. The minimum absolute atomic E-state index is 0.00240. The van der Waals surface area contributed by atoms with Gasteiger partial charge in [0.25, 0.3) is 5.69 Å². The molecule has 0 spiro atoms. The molecule has 0 amide bonds. The van der Waals surface area contributed by atoms with Crippen LogP contribution in [0.3, 0.4) is 0 Å². The lowest BCUT2D eigenvalue weighted by Gasteiger charge is -2.07. The molecule has 0 aliphatic rings. The van der Waals surface area contributed by atoms with Crippen LogP contribution in [0.15, 0.2) is 60.7 Å². The number of rotatable bonds is 2. The zero-order valence-electron chi connectivity index (χ0n) is 10.5. The lowest BCUT2D eigenvalue weighted by molar-refractivity contribution is -0.383. The average molecular weight is 265 g/mol. The van der Waals surface area contributed by atoms with Crippen molar-refractivity contribution in [2.45, 2.75) is 0 Å². The first-order valence-electron chi connectivity index (χ1n) is 6.12. The first-order chi connectivity index (χ1) is 9.66. The fourth-order valence-corrected chi connectivity index (χ4v) is 2.31. The molecule has 3 aromatic rings. The number of benzene rings is 3. The maximum Gasteiger partial charge on any atom is 0.277 e. The van der Waals surface area contributed by atoms with Gasteiger partial charge in [-0.15, -0.1) is 0 Å². The largest absolute Gasteiger partial charge is 0.507 e. The van der Waals surface area contributed by atoms with Crippen LogP contribution in [0.5, 0.6) is 5.75 Å². The minimum atomic E-state index is -0.441. The molecule has 20 heavy (non-hydrogen) atoms. The highest BCUT2D eigenvalue weighted by Crippen LogP contribution is 2.36. The summed E-state index contributed by atoms with van der Waals surface area (Å²) in [6.07, 6.45) is 0. The van der Waals surface area contributed by atoms with Gasteiger partial charge in [-0.2, -0.15) is 0 Å². The van der Waals surface area contributed by atoms with Gasteiger partial charge in [0.15, 0.2) is 0 Å². The van der Waals surface area contributed by atoms with E-state index in [2.05, 4.69) is 0 Å². The average Bonchev–Trinajstić information content (AvgIpc) is 2.46. The molecule has 98 valence electrons. The van der Waals surface area contributed by atoms with Crippen molar-refractivity contribution in [2.24, 2.45) is 0 Å². The molecule has 0 unspecified atom stereocenters. The van der Waals surface area contributed by atoms with Gasteiger partial charge in [0.05, 0.1) is 10.3 Å². The van der Waals surface area contributed by atoms with Gasteiger partial charge in [-0.1, -0.05) is 42.5 Å². The van der Waals surface area contributed by atoms with Gasteiger partial charge in [-0.05, 0) is 23.1 Å². The van der Waals surface area contributed by atoms with E-state index in [1.54, 1.807) is 18.2 Å². The number of nitrogens with zero attached hydrogens (tertiary/aromatic N) is 1. The molecule has 0 radical (unpaired) electrons. The van der Waals surface area contributed by atoms with Crippen molar-refractivity contribution in [3.05, 3.63) is 70.8 Å². The van der Waals surface area contributed by atoms with Crippen LogP contribution in [-0.4, -0.2) is 10.0 Å². The SMILES string of the molecule is O=[N+]([O-])c1cccc2cc(-c3ccccc3)c(O)cc12. The Bertz CT molecular complexity index is 797. The molecule has 4 nitrogen and oxygen atoms in total. The molecule has 0 aliphatic heterocycles. The summed E-state index contributed by atoms with van der Waals surface area (Å²) in [6, 6.07) is 17.5. The van der Waals surface area contributed by atoms with Crippen LogP contribution in [0.25, 0.3) is 21.9 Å². The third kappa shape index (κ3) is 1.97. The van der Waals surface area contributed by atoms with Gasteiger partial charge in [-0.3, -0.25) is 10.1 Å². The number of aromatic hydroxyl groups is 1. The van der Waals surface area contributed by atoms with E-state index in [1.165, 1.54) is 12.1 Å². The Morgan fingerprint density at radius 3 is 2.40 bits per heavy atom. The Labute approximate surface area is 115 Å². The number of nitro benzene ring substituents is 1. The van der Waals surface area contributed by atoms with Crippen LogP contribution in [0.4, 0.5) is 5.69 Å². The fraction of sp³-hybridized carbons (Fsp3) is 0. The molecule has 0 saturated heterocycles. The molecule has 0 heterocycles. The molecule has 0 bridgehead atoms.